The molecule has 2 rings (SSSR count). The van der Waals surface area contributed by atoms with Crippen LogP contribution in [0.1, 0.15) is 22.6 Å². The third-order valence-electron chi connectivity index (χ3n) is 4.22. The number of aromatic nitrogens is 2. The molecule has 1 aromatic carbocycles. The van der Waals surface area contributed by atoms with Crippen LogP contribution >= 0.6 is 0 Å². The van der Waals surface area contributed by atoms with Crippen LogP contribution in [0.25, 0.3) is 0 Å². The Balaban J connectivity index is 2.26. The summed E-state index contributed by atoms with van der Waals surface area (Å²) in [6.45, 7) is -0.682. The zero-order valence-electron chi connectivity index (χ0n) is 15.7. The van der Waals surface area contributed by atoms with Gasteiger partial charge in [-0.3, -0.25) is 14.9 Å². The van der Waals surface area contributed by atoms with Crippen molar-refractivity contribution in [2.45, 2.75) is 23.1 Å². The molecule has 0 aliphatic carbocycles. The van der Waals surface area contributed by atoms with Gasteiger partial charge in [-0.25, -0.2) is 13.4 Å². The van der Waals surface area contributed by atoms with E-state index in [1.54, 1.807) is 0 Å². The molecule has 1 amide bonds. The Bertz CT molecular complexity index is 1080. The molecular weight excluding hydrogens is 433 g/mol. The van der Waals surface area contributed by atoms with Crippen LogP contribution in [0.5, 0.6) is 0 Å². The van der Waals surface area contributed by atoms with Crippen molar-refractivity contribution in [1.82, 2.24) is 14.9 Å². The fourth-order valence-electron chi connectivity index (χ4n) is 2.64. The second-order valence-corrected chi connectivity index (χ2v) is 8.49. The number of amides is 1. The summed E-state index contributed by atoms with van der Waals surface area (Å²) in [6.07, 6.45) is -3.04. The molecule has 2 aromatic rings. The first-order valence-corrected chi connectivity index (χ1v) is 10.1. The quantitative estimate of drug-likeness (QED) is 0.478. The summed E-state index contributed by atoms with van der Waals surface area (Å²) >= 11 is 0. The molecule has 0 aliphatic rings. The Kier molecular flexibility index (Phi) is 6.23. The predicted molar refractivity (Wildman–Crippen MR) is 96.3 cm³/mol. The van der Waals surface area contributed by atoms with E-state index < -0.39 is 67.4 Å². The van der Waals surface area contributed by atoms with Crippen LogP contribution in [0.3, 0.4) is 0 Å². The number of sulfone groups is 1. The highest BCUT2D eigenvalue weighted by Gasteiger charge is 2.57. The minimum atomic E-state index is -5.11. The Morgan fingerprint density at radius 2 is 1.97 bits per heavy atom. The van der Waals surface area contributed by atoms with Gasteiger partial charge in [0.05, 0.1) is 9.82 Å². The van der Waals surface area contributed by atoms with Gasteiger partial charge in [-0.2, -0.15) is 13.2 Å². The number of aliphatic hydroxyl groups is 1. The SMILES string of the molecule is Cn1ccnc1C(O)(CCNC(=O)c1cc([N+](=O)[O-])cc(S(C)(=O)=O)c1)C(F)(F)F. The maximum Gasteiger partial charge on any atom is 0.424 e. The number of halogens is 3. The number of imidazole rings is 1. The summed E-state index contributed by atoms with van der Waals surface area (Å²) < 4.78 is 64.7. The number of nitrogens with one attached hydrogen (secondary N) is 1. The Morgan fingerprint density at radius 1 is 1.33 bits per heavy atom. The van der Waals surface area contributed by atoms with E-state index >= 15 is 0 Å². The molecule has 0 bridgehead atoms. The Morgan fingerprint density at radius 3 is 2.43 bits per heavy atom. The highest BCUT2D eigenvalue weighted by Crippen LogP contribution is 2.40. The number of benzene rings is 1. The van der Waals surface area contributed by atoms with E-state index in [4.69, 9.17) is 0 Å². The number of hydrogen-bond acceptors (Lipinski definition) is 7. The van der Waals surface area contributed by atoms with Crippen LogP contribution in [0.4, 0.5) is 18.9 Å². The number of carbonyl (C=O) groups is 1. The first kappa shape index (κ1) is 23.3. The summed E-state index contributed by atoms with van der Waals surface area (Å²) in [7, 11) is -2.64. The van der Waals surface area contributed by atoms with Gasteiger partial charge in [-0.15, -0.1) is 0 Å². The predicted octanol–water partition coefficient (Wildman–Crippen LogP) is 1.30. The van der Waals surface area contributed by atoms with Crippen molar-refractivity contribution in [3.05, 3.63) is 52.1 Å². The lowest BCUT2D eigenvalue weighted by molar-refractivity contribution is -0.385. The van der Waals surface area contributed by atoms with Crippen molar-refractivity contribution in [3.63, 3.8) is 0 Å². The molecule has 1 heterocycles. The van der Waals surface area contributed by atoms with Crippen molar-refractivity contribution in [2.75, 3.05) is 12.8 Å². The number of nitrogens with zero attached hydrogens (tertiary/aromatic N) is 3. The summed E-state index contributed by atoms with van der Waals surface area (Å²) in [5.41, 5.74) is -4.47. The largest absolute Gasteiger partial charge is 0.424 e. The summed E-state index contributed by atoms with van der Waals surface area (Å²) in [5.74, 6) is -1.73. The van der Waals surface area contributed by atoms with E-state index in [2.05, 4.69) is 10.3 Å². The summed E-state index contributed by atoms with van der Waals surface area (Å²) in [5, 5.41) is 23.3. The zero-order chi connectivity index (χ0) is 22.9. The van der Waals surface area contributed by atoms with Crippen LogP contribution < -0.4 is 5.32 Å². The molecule has 10 nitrogen and oxygen atoms in total. The van der Waals surface area contributed by atoms with Crippen molar-refractivity contribution >= 4 is 21.4 Å². The lowest BCUT2D eigenvalue weighted by Crippen LogP contribution is -2.46. The fourth-order valence-corrected chi connectivity index (χ4v) is 3.31. The smallest absolute Gasteiger partial charge is 0.374 e. The average molecular weight is 450 g/mol. The molecule has 0 radical (unpaired) electrons. The van der Waals surface area contributed by atoms with E-state index in [0.717, 1.165) is 35.2 Å². The van der Waals surface area contributed by atoms with Crippen molar-refractivity contribution < 1.29 is 36.4 Å². The minimum absolute atomic E-state index is 0.433. The normalized spacial score (nSPS) is 14.2. The minimum Gasteiger partial charge on any atom is -0.374 e. The topological polar surface area (TPSA) is 144 Å². The molecule has 0 saturated carbocycles. The number of nitro benzene ring substituents is 1. The number of aryl methyl sites for hydroxylation is 1. The average Bonchev–Trinajstić information content (AvgIpc) is 3.05. The number of non-ortho nitro benzene ring substituents is 1. The molecular formula is C16H17F3N4O6S. The molecule has 164 valence electrons. The molecule has 2 N–H and O–H groups in total. The van der Waals surface area contributed by atoms with E-state index in [1.807, 2.05) is 0 Å². The molecule has 0 spiro atoms. The number of alkyl halides is 3. The van der Waals surface area contributed by atoms with Gasteiger partial charge in [0.2, 0.25) is 5.60 Å². The first-order valence-electron chi connectivity index (χ1n) is 8.21. The third kappa shape index (κ3) is 4.76. The van der Waals surface area contributed by atoms with Crippen molar-refractivity contribution in [2.24, 2.45) is 7.05 Å². The molecule has 30 heavy (non-hydrogen) atoms. The van der Waals surface area contributed by atoms with Gasteiger partial charge in [-0.05, 0) is 6.07 Å². The lowest BCUT2D eigenvalue weighted by atomic mass is 9.97. The molecule has 14 heteroatoms. The van der Waals surface area contributed by atoms with Crippen LogP contribution in [0.15, 0.2) is 35.5 Å². The maximum absolute atomic E-state index is 13.5. The van der Waals surface area contributed by atoms with E-state index in [1.165, 1.54) is 13.2 Å². The Hall–Kier alpha value is -3.00. The molecule has 1 unspecified atom stereocenters. The van der Waals surface area contributed by atoms with E-state index in [9.17, 15) is 41.6 Å². The molecule has 1 aromatic heterocycles. The van der Waals surface area contributed by atoms with Crippen molar-refractivity contribution in [3.8, 4) is 0 Å². The maximum atomic E-state index is 13.5. The molecule has 0 saturated heterocycles. The Labute approximate surface area is 168 Å². The lowest BCUT2D eigenvalue weighted by Gasteiger charge is -2.30. The standard InChI is InChI=1S/C16H17F3N4O6S/c1-22-6-5-21-14(22)15(25,16(17,18)19)3-4-20-13(24)10-7-11(23(26)27)9-12(8-10)30(2,28)29/h5-9,25H,3-4H2,1-2H3,(H,20,24). The molecule has 1 atom stereocenters. The van der Waals surface area contributed by atoms with Crippen molar-refractivity contribution in [1.29, 1.82) is 0 Å². The molecule has 0 fully saturated rings. The van der Waals surface area contributed by atoms with Gasteiger partial charge in [0.15, 0.2) is 9.84 Å². The summed E-state index contributed by atoms with van der Waals surface area (Å²) in [4.78, 5) is 25.4. The van der Waals surface area contributed by atoms with Gasteiger partial charge < -0.3 is 15.0 Å². The van der Waals surface area contributed by atoms with Gasteiger partial charge >= 0.3 is 6.18 Å². The first-order chi connectivity index (χ1) is 13.7. The van der Waals surface area contributed by atoms with Crippen LogP contribution in [-0.4, -0.2) is 52.9 Å². The zero-order valence-corrected chi connectivity index (χ0v) is 16.5. The fraction of sp³-hybridized carbons (Fsp3) is 0.375. The van der Waals surface area contributed by atoms with Crippen LogP contribution in [0.2, 0.25) is 0 Å². The van der Waals surface area contributed by atoms with Gasteiger partial charge in [0.25, 0.3) is 11.6 Å². The summed E-state index contributed by atoms with van der Waals surface area (Å²) in [6, 6.07) is 2.42. The van der Waals surface area contributed by atoms with Gasteiger partial charge in [-0.1, -0.05) is 0 Å². The van der Waals surface area contributed by atoms with Gasteiger partial charge in [0, 0.05) is 56.4 Å². The molecule has 0 aliphatic heterocycles. The van der Waals surface area contributed by atoms with E-state index in [0.29, 0.717) is 0 Å². The van der Waals surface area contributed by atoms with Gasteiger partial charge in [0.1, 0.15) is 5.82 Å². The second kappa shape index (κ2) is 8.02. The monoisotopic (exact) mass is 450 g/mol. The van der Waals surface area contributed by atoms with E-state index in [-0.39, 0.29) is 0 Å². The number of carbonyl (C=O) groups excluding carboxylic acids is 1. The highest BCUT2D eigenvalue weighted by molar-refractivity contribution is 7.90. The van der Waals surface area contributed by atoms with Crippen LogP contribution in [0, 0.1) is 10.1 Å². The van der Waals surface area contributed by atoms with Crippen LogP contribution in [-0.2, 0) is 22.5 Å². The third-order valence-corrected chi connectivity index (χ3v) is 5.32. The second-order valence-electron chi connectivity index (χ2n) is 6.47. The number of nitro groups is 1. The highest BCUT2D eigenvalue weighted by atomic mass is 32.2. The number of hydrogen-bond donors (Lipinski definition) is 2. The number of rotatable bonds is 7.